The Bertz CT molecular complexity index is 901. The SMILES string of the molecule is COc1ccc(OC)c(CN2CCN(c3ccc(C#N)c(C(F)(F)F)c3)CC2)c1. The van der Waals surface area contributed by atoms with Crippen molar-refractivity contribution in [1.29, 1.82) is 5.26 Å². The number of hydrogen-bond acceptors (Lipinski definition) is 5. The lowest BCUT2D eigenvalue weighted by Gasteiger charge is -2.36. The monoisotopic (exact) mass is 405 g/mol. The zero-order valence-corrected chi connectivity index (χ0v) is 16.3. The number of nitriles is 1. The molecule has 1 heterocycles. The second kappa shape index (κ2) is 8.62. The summed E-state index contributed by atoms with van der Waals surface area (Å²) in [6.45, 7) is 3.24. The Morgan fingerprint density at radius 3 is 2.31 bits per heavy atom. The van der Waals surface area contributed by atoms with Crippen molar-refractivity contribution in [3.8, 4) is 17.6 Å². The van der Waals surface area contributed by atoms with E-state index in [1.54, 1.807) is 26.4 Å². The van der Waals surface area contributed by atoms with Gasteiger partial charge in [0.25, 0.3) is 0 Å². The third-order valence-corrected chi connectivity index (χ3v) is 5.05. The number of benzene rings is 2. The third kappa shape index (κ3) is 4.74. The lowest BCUT2D eigenvalue weighted by atomic mass is 10.1. The molecule has 0 unspecified atom stereocenters. The Kier molecular flexibility index (Phi) is 6.18. The molecule has 154 valence electrons. The number of hydrogen-bond donors (Lipinski definition) is 0. The van der Waals surface area contributed by atoms with Crippen LogP contribution >= 0.6 is 0 Å². The Balaban J connectivity index is 1.69. The summed E-state index contributed by atoms with van der Waals surface area (Å²) in [6.07, 6.45) is -4.55. The molecule has 5 nitrogen and oxygen atoms in total. The molecule has 0 aromatic heterocycles. The molecule has 0 aliphatic carbocycles. The Morgan fingerprint density at radius 2 is 1.72 bits per heavy atom. The second-order valence-electron chi connectivity index (χ2n) is 6.78. The molecule has 1 saturated heterocycles. The normalized spacial score (nSPS) is 15.1. The van der Waals surface area contributed by atoms with E-state index in [2.05, 4.69) is 4.90 Å². The van der Waals surface area contributed by atoms with Crippen molar-refractivity contribution in [2.75, 3.05) is 45.3 Å². The highest BCUT2D eigenvalue weighted by molar-refractivity contribution is 5.55. The van der Waals surface area contributed by atoms with Crippen molar-refractivity contribution < 1.29 is 22.6 Å². The topological polar surface area (TPSA) is 48.7 Å². The molecule has 0 radical (unpaired) electrons. The number of anilines is 1. The second-order valence-corrected chi connectivity index (χ2v) is 6.78. The Morgan fingerprint density at radius 1 is 1.00 bits per heavy atom. The van der Waals surface area contributed by atoms with Gasteiger partial charge in [-0.3, -0.25) is 4.90 Å². The maximum Gasteiger partial charge on any atom is 0.417 e. The van der Waals surface area contributed by atoms with Crippen molar-refractivity contribution in [2.24, 2.45) is 0 Å². The summed E-state index contributed by atoms with van der Waals surface area (Å²) < 4.78 is 50.4. The van der Waals surface area contributed by atoms with Gasteiger partial charge in [-0.15, -0.1) is 0 Å². The third-order valence-electron chi connectivity index (χ3n) is 5.05. The van der Waals surface area contributed by atoms with Gasteiger partial charge in [0.2, 0.25) is 0 Å². The fraction of sp³-hybridized carbons (Fsp3) is 0.381. The van der Waals surface area contributed by atoms with E-state index in [9.17, 15) is 13.2 Å². The molecule has 0 atom stereocenters. The minimum atomic E-state index is -4.55. The standard InChI is InChI=1S/C21H22F3N3O2/c1-28-18-5-6-20(29-2)16(11-18)14-26-7-9-27(10-8-26)17-4-3-15(13-25)19(12-17)21(22,23)24/h3-6,11-12H,7-10,14H2,1-2H3. The molecule has 8 heteroatoms. The van der Waals surface area contributed by atoms with Crippen LogP contribution in [0.4, 0.5) is 18.9 Å². The van der Waals surface area contributed by atoms with Crippen molar-refractivity contribution in [2.45, 2.75) is 12.7 Å². The maximum atomic E-state index is 13.2. The van der Waals surface area contributed by atoms with E-state index >= 15 is 0 Å². The van der Waals surface area contributed by atoms with Crippen LogP contribution in [0.5, 0.6) is 11.5 Å². The number of methoxy groups -OCH3 is 2. The van der Waals surface area contributed by atoms with Crippen LogP contribution in [0.3, 0.4) is 0 Å². The van der Waals surface area contributed by atoms with Gasteiger partial charge in [0.15, 0.2) is 0 Å². The molecule has 29 heavy (non-hydrogen) atoms. The summed E-state index contributed by atoms with van der Waals surface area (Å²) in [5, 5.41) is 8.95. The van der Waals surface area contributed by atoms with Crippen molar-refractivity contribution in [3.63, 3.8) is 0 Å². The molecule has 0 bridgehead atoms. The molecular weight excluding hydrogens is 383 g/mol. The average molecular weight is 405 g/mol. The summed E-state index contributed by atoms with van der Waals surface area (Å²) in [5.74, 6) is 1.52. The van der Waals surface area contributed by atoms with Gasteiger partial charge >= 0.3 is 6.18 Å². The minimum absolute atomic E-state index is 0.356. The highest BCUT2D eigenvalue weighted by Gasteiger charge is 2.34. The Labute approximate surface area is 167 Å². The number of alkyl halides is 3. The minimum Gasteiger partial charge on any atom is -0.497 e. The molecular formula is C21H22F3N3O2. The first-order valence-electron chi connectivity index (χ1n) is 9.15. The van der Waals surface area contributed by atoms with Gasteiger partial charge in [-0.1, -0.05) is 0 Å². The molecule has 0 amide bonds. The van der Waals surface area contributed by atoms with Crippen LogP contribution in [0, 0.1) is 11.3 Å². The van der Waals surface area contributed by atoms with Crippen LogP contribution in [0.2, 0.25) is 0 Å². The summed E-state index contributed by atoms with van der Waals surface area (Å²) in [4.78, 5) is 4.14. The first-order valence-corrected chi connectivity index (χ1v) is 9.15. The smallest absolute Gasteiger partial charge is 0.417 e. The maximum absolute atomic E-state index is 13.2. The molecule has 2 aromatic carbocycles. The number of rotatable bonds is 5. The van der Waals surface area contributed by atoms with Crippen LogP contribution in [-0.4, -0.2) is 45.3 Å². The highest BCUT2D eigenvalue weighted by atomic mass is 19.4. The van der Waals surface area contributed by atoms with E-state index in [0.717, 1.165) is 23.1 Å². The van der Waals surface area contributed by atoms with Crippen LogP contribution < -0.4 is 14.4 Å². The van der Waals surface area contributed by atoms with Gasteiger partial charge in [0.1, 0.15) is 11.5 Å². The van der Waals surface area contributed by atoms with Crippen molar-refractivity contribution >= 4 is 5.69 Å². The highest BCUT2D eigenvalue weighted by Crippen LogP contribution is 2.34. The summed E-state index contributed by atoms with van der Waals surface area (Å²) >= 11 is 0. The van der Waals surface area contributed by atoms with Crippen LogP contribution in [0.1, 0.15) is 16.7 Å². The molecule has 0 spiro atoms. The average Bonchev–Trinajstić information content (AvgIpc) is 2.73. The van der Waals surface area contributed by atoms with Crippen molar-refractivity contribution in [3.05, 3.63) is 53.1 Å². The fourth-order valence-electron chi connectivity index (χ4n) is 3.47. The molecule has 0 N–H and O–H groups in total. The zero-order valence-electron chi connectivity index (χ0n) is 16.3. The Hall–Kier alpha value is -2.92. The number of halogens is 3. The summed E-state index contributed by atoms with van der Waals surface area (Å²) in [7, 11) is 3.23. The number of nitrogens with zero attached hydrogens (tertiary/aromatic N) is 3. The largest absolute Gasteiger partial charge is 0.497 e. The lowest BCUT2D eigenvalue weighted by Crippen LogP contribution is -2.46. The summed E-state index contributed by atoms with van der Waals surface area (Å²) in [6, 6.07) is 11.1. The first kappa shape index (κ1) is 20.8. The number of piperazine rings is 1. The van der Waals surface area contributed by atoms with Gasteiger partial charge in [0.05, 0.1) is 31.4 Å². The van der Waals surface area contributed by atoms with E-state index in [0.29, 0.717) is 38.4 Å². The molecule has 1 fully saturated rings. The van der Waals surface area contributed by atoms with Gasteiger partial charge in [-0.25, -0.2) is 0 Å². The van der Waals surface area contributed by atoms with Gasteiger partial charge < -0.3 is 14.4 Å². The van der Waals surface area contributed by atoms with E-state index in [1.807, 2.05) is 23.1 Å². The summed E-state index contributed by atoms with van der Waals surface area (Å²) in [5.41, 5.74) is 0.235. The van der Waals surface area contributed by atoms with E-state index in [1.165, 1.54) is 6.07 Å². The van der Waals surface area contributed by atoms with Crippen molar-refractivity contribution in [1.82, 2.24) is 4.90 Å². The zero-order chi connectivity index (χ0) is 21.0. The lowest BCUT2D eigenvalue weighted by molar-refractivity contribution is -0.137. The number of ether oxygens (including phenoxy) is 2. The molecule has 2 aromatic rings. The van der Waals surface area contributed by atoms with E-state index in [-0.39, 0.29) is 5.56 Å². The first-order chi connectivity index (χ1) is 13.9. The van der Waals surface area contributed by atoms with E-state index < -0.39 is 11.7 Å². The van der Waals surface area contributed by atoms with Gasteiger partial charge in [-0.05, 0) is 36.4 Å². The van der Waals surface area contributed by atoms with E-state index in [4.69, 9.17) is 14.7 Å². The predicted molar refractivity (Wildman–Crippen MR) is 103 cm³/mol. The molecule has 0 saturated carbocycles. The van der Waals surface area contributed by atoms with Gasteiger partial charge in [0, 0.05) is 44.0 Å². The predicted octanol–water partition coefficient (Wildman–Crippen LogP) is 3.92. The van der Waals surface area contributed by atoms with Crippen LogP contribution in [-0.2, 0) is 12.7 Å². The molecule has 1 aliphatic rings. The fourth-order valence-corrected chi connectivity index (χ4v) is 3.47. The quantitative estimate of drug-likeness (QED) is 0.755. The van der Waals surface area contributed by atoms with Crippen LogP contribution in [0.25, 0.3) is 0 Å². The van der Waals surface area contributed by atoms with Crippen LogP contribution in [0.15, 0.2) is 36.4 Å². The molecule has 3 rings (SSSR count). The molecule has 1 aliphatic heterocycles. The van der Waals surface area contributed by atoms with Gasteiger partial charge in [-0.2, -0.15) is 18.4 Å².